The summed E-state index contributed by atoms with van der Waals surface area (Å²) in [5, 5.41) is 6.24. The molecule has 1 N–H and O–H groups in total. The summed E-state index contributed by atoms with van der Waals surface area (Å²) >= 11 is 0. The molecule has 124 valence electrons. The number of anilines is 1. The summed E-state index contributed by atoms with van der Waals surface area (Å²) in [7, 11) is 0. The van der Waals surface area contributed by atoms with Crippen molar-refractivity contribution in [2.24, 2.45) is 0 Å². The molecule has 0 saturated heterocycles. The highest BCUT2D eigenvalue weighted by molar-refractivity contribution is 5.90. The molecular weight excluding hydrogens is 311 g/mol. The summed E-state index contributed by atoms with van der Waals surface area (Å²) in [4.78, 5) is 11.9. The van der Waals surface area contributed by atoms with Crippen LogP contribution in [0.3, 0.4) is 0 Å². The SMILES string of the molecule is CCOc1ccc(NC(=O)Cn2nc(C)cc2C(F)(F)F)cc1. The van der Waals surface area contributed by atoms with Crippen molar-refractivity contribution >= 4 is 11.6 Å². The topological polar surface area (TPSA) is 56.1 Å². The molecular formula is C15H16F3N3O2. The number of nitrogens with one attached hydrogen (secondary N) is 1. The van der Waals surface area contributed by atoms with Crippen LogP contribution in [0, 0.1) is 6.92 Å². The van der Waals surface area contributed by atoms with E-state index in [1.54, 1.807) is 24.3 Å². The van der Waals surface area contributed by atoms with E-state index in [0.29, 0.717) is 22.7 Å². The minimum absolute atomic E-state index is 0.200. The highest BCUT2D eigenvalue weighted by Crippen LogP contribution is 2.29. The molecule has 2 aromatic rings. The highest BCUT2D eigenvalue weighted by atomic mass is 19.4. The quantitative estimate of drug-likeness (QED) is 0.917. The van der Waals surface area contributed by atoms with Crippen LogP contribution in [0.4, 0.5) is 18.9 Å². The van der Waals surface area contributed by atoms with Gasteiger partial charge in [-0.1, -0.05) is 0 Å². The standard InChI is InChI=1S/C15H16F3N3O2/c1-3-23-12-6-4-11(5-7-12)19-14(22)9-21-13(15(16,17)18)8-10(2)20-21/h4-8H,3,9H2,1-2H3,(H,19,22). The molecule has 1 aromatic carbocycles. The van der Waals surface area contributed by atoms with Gasteiger partial charge in [-0.3, -0.25) is 9.48 Å². The number of halogens is 3. The first-order valence-electron chi connectivity index (χ1n) is 6.94. The fourth-order valence-corrected chi connectivity index (χ4v) is 2.03. The van der Waals surface area contributed by atoms with Crippen LogP contribution in [0.1, 0.15) is 18.3 Å². The first-order valence-corrected chi connectivity index (χ1v) is 6.94. The van der Waals surface area contributed by atoms with Crippen molar-refractivity contribution < 1.29 is 22.7 Å². The van der Waals surface area contributed by atoms with Crippen LogP contribution < -0.4 is 10.1 Å². The summed E-state index contributed by atoms with van der Waals surface area (Å²) in [5.74, 6) is 0.0512. The van der Waals surface area contributed by atoms with E-state index in [1.165, 1.54) is 6.92 Å². The molecule has 23 heavy (non-hydrogen) atoms. The Morgan fingerprint density at radius 3 is 2.52 bits per heavy atom. The number of nitrogens with zero attached hydrogens (tertiary/aromatic N) is 2. The zero-order chi connectivity index (χ0) is 17.0. The van der Waals surface area contributed by atoms with Gasteiger partial charge in [-0.15, -0.1) is 0 Å². The first kappa shape index (κ1) is 16.9. The number of carbonyl (C=O) groups is 1. The lowest BCUT2D eigenvalue weighted by molar-refractivity contribution is -0.144. The van der Waals surface area contributed by atoms with Gasteiger partial charge in [0.25, 0.3) is 0 Å². The molecule has 0 fully saturated rings. The maximum absolute atomic E-state index is 12.8. The van der Waals surface area contributed by atoms with Crippen LogP contribution in [0.25, 0.3) is 0 Å². The molecule has 0 aliphatic rings. The predicted molar refractivity (Wildman–Crippen MR) is 78.2 cm³/mol. The number of hydrogen-bond donors (Lipinski definition) is 1. The number of hydrogen-bond acceptors (Lipinski definition) is 3. The summed E-state index contributed by atoms with van der Waals surface area (Å²) in [6.07, 6.45) is -4.55. The molecule has 8 heteroatoms. The minimum atomic E-state index is -4.55. The largest absolute Gasteiger partial charge is 0.494 e. The Labute approximate surface area is 131 Å². The van der Waals surface area contributed by atoms with E-state index < -0.39 is 24.3 Å². The van der Waals surface area contributed by atoms with Gasteiger partial charge in [0.2, 0.25) is 5.91 Å². The van der Waals surface area contributed by atoms with Gasteiger partial charge < -0.3 is 10.1 Å². The number of amides is 1. The lowest BCUT2D eigenvalue weighted by atomic mass is 10.3. The molecule has 0 atom stereocenters. The van der Waals surface area contributed by atoms with Crippen molar-refractivity contribution in [3.05, 3.63) is 41.7 Å². The third-order valence-corrected chi connectivity index (χ3v) is 2.94. The van der Waals surface area contributed by atoms with Crippen LogP contribution in [-0.4, -0.2) is 22.3 Å². The van der Waals surface area contributed by atoms with E-state index >= 15 is 0 Å². The van der Waals surface area contributed by atoms with E-state index in [2.05, 4.69) is 10.4 Å². The van der Waals surface area contributed by atoms with Crippen LogP contribution in [0.2, 0.25) is 0 Å². The number of rotatable bonds is 5. The number of aromatic nitrogens is 2. The summed E-state index contributed by atoms with van der Waals surface area (Å²) in [6, 6.07) is 7.46. The third-order valence-electron chi connectivity index (χ3n) is 2.94. The summed E-state index contributed by atoms with van der Waals surface area (Å²) in [5.41, 5.74) is -0.279. The maximum Gasteiger partial charge on any atom is 0.433 e. The highest BCUT2D eigenvalue weighted by Gasteiger charge is 2.35. The smallest absolute Gasteiger partial charge is 0.433 e. The maximum atomic E-state index is 12.8. The van der Waals surface area contributed by atoms with E-state index in [0.717, 1.165) is 6.07 Å². The summed E-state index contributed by atoms with van der Waals surface area (Å²) in [6.45, 7) is 3.29. The average molecular weight is 327 g/mol. The Hall–Kier alpha value is -2.51. The van der Waals surface area contributed by atoms with Crippen molar-refractivity contribution in [3.8, 4) is 5.75 Å². The second kappa shape index (κ2) is 6.72. The molecule has 0 saturated carbocycles. The molecule has 0 aliphatic heterocycles. The second-order valence-electron chi connectivity index (χ2n) is 4.83. The van der Waals surface area contributed by atoms with Crippen molar-refractivity contribution in [3.63, 3.8) is 0 Å². The molecule has 1 amide bonds. The normalized spacial score (nSPS) is 11.3. The first-order chi connectivity index (χ1) is 10.8. The monoisotopic (exact) mass is 327 g/mol. The Morgan fingerprint density at radius 1 is 1.30 bits per heavy atom. The van der Waals surface area contributed by atoms with Gasteiger partial charge in [-0.25, -0.2) is 0 Å². The van der Waals surface area contributed by atoms with Gasteiger partial charge in [0.05, 0.1) is 12.3 Å². The summed E-state index contributed by atoms with van der Waals surface area (Å²) < 4.78 is 44.5. The fourth-order valence-electron chi connectivity index (χ4n) is 2.03. The number of benzene rings is 1. The van der Waals surface area contributed by atoms with Gasteiger partial charge in [-0.2, -0.15) is 18.3 Å². The molecule has 0 aliphatic carbocycles. The lowest BCUT2D eigenvalue weighted by Crippen LogP contribution is -2.23. The molecule has 1 aromatic heterocycles. The molecule has 2 rings (SSSR count). The second-order valence-corrected chi connectivity index (χ2v) is 4.83. The van der Waals surface area contributed by atoms with Crippen molar-refractivity contribution in [1.29, 1.82) is 0 Å². The lowest BCUT2D eigenvalue weighted by Gasteiger charge is -2.11. The zero-order valence-electron chi connectivity index (χ0n) is 12.6. The Morgan fingerprint density at radius 2 is 1.96 bits per heavy atom. The van der Waals surface area contributed by atoms with Crippen LogP contribution in [-0.2, 0) is 17.5 Å². The molecule has 0 radical (unpaired) electrons. The van der Waals surface area contributed by atoms with Crippen LogP contribution in [0.15, 0.2) is 30.3 Å². The Kier molecular flexibility index (Phi) is 4.92. The predicted octanol–water partition coefficient (Wildman–Crippen LogP) is 3.25. The van der Waals surface area contributed by atoms with E-state index in [4.69, 9.17) is 4.74 Å². The van der Waals surface area contributed by atoms with Crippen LogP contribution >= 0.6 is 0 Å². The van der Waals surface area contributed by atoms with Gasteiger partial charge in [-0.05, 0) is 44.2 Å². The minimum Gasteiger partial charge on any atom is -0.494 e. The fraction of sp³-hybridized carbons (Fsp3) is 0.333. The Balaban J connectivity index is 2.05. The van der Waals surface area contributed by atoms with Crippen LogP contribution in [0.5, 0.6) is 5.75 Å². The number of aryl methyl sites for hydroxylation is 1. The molecule has 0 spiro atoms. The van der Waals surface area contributed by atoms with Gasteiger partial charge in [0.15, 0.2) is 0 Å². The molecule has 0 bridgehead atoms. The van der Waals surface area contributed by atoms with Gasteiger partial charge >= 0.3 is 6.18 Å². The molecule has 5 nitrogen and oxygen atoms in total. The van der Waals surface area contributed by atoms with Crippen molar-refractivity contribution in [2.45, 2.75) is 26.6 Å². The third kappa shape index (κ3) is 4.48. The number of alkyl halides is 3. The van der Waals surface area contributed by atoms with Gasteiger partial charge in [0, 0.05) is 5.69 Å². The number of ether oxygens (including phenoxy) is 1. The number of carbonyl (C=O) groups excluding carboxylic acids is 1. The Bertz CT molecular complexity index is 678. The van der Waals surface area contributed by atoms with Crippen molar-refractivity contribution in [1.82, 2.24) is 9.78 Å². The van der Waals surface area contributed by atoms with E-state index in [9.17, 15) is 18.0 Å². The molecule has 0 unspecified atom stereocenters. The van der Waals surface area contributed by atoms with Gasteiger partial charge in [0.1, 0.15) is 18.0 Å². The van der Waals surface area contributed by atoms with Crippen molar-refractivity contribution in [2.75, 3.05) is 11.9 Å². The average Bonchev–Trinajstić information content (AvgIpc) is 2.82. The molecule has 1 heterocycles. The van der Waals surface area contributed by atoms with E-state index in [1.807, 2.05) is 6.92 Å². The zero-order valence-corrected chi connectivity index (χ0v) is 12.6. The van der Waals surface area contributed by atoms with E-state index in [-0.39, 0.29) is 5.69 Å².